The number of aryl methyl sites for hydroxylation is 2. The van der Waals surface area contributed by atoms with Gasteiger partial charge in [-0.25, -0.2) is 4.98 Å². The van der Waals surface area contributed by atoms with Crippen molar-refractivity contribution in [1.29, 1.82) is 0 Å². The van der Waals surface area contributed by atoms with Gasteiger partial charge >= 0.3 is 0 Å². The van der Waals surface area contributed by atoms with E-state index >= 15 is 0 Å². The van der Waals surface area contributed by atoms with Crippen LogP contribution in [0, 0.1) is 6.92 Å². The fraction of sp³-hybridized carbons (Fsp3) is 0.467. The molecule has 20 heavy (non-hydrogen) atoms. The minimum atomic E-state index is -0.0642. The summed E-state index contributed by atoms with van der Waals surface area (Å²) >= 11 is 0. The van der Waals surface area contributed by atoms with E-state index in [9.17, 15) is 4.79 Å². The monoisotopic (exact) mass is 273 g/mol. The number of carbonyl (C=O) groups is 1. The second-order valence-corrected chi connectivity index (χ2v) is 5.27. The molecule has 0 spiro atoms. The molecule has 1 saturated heterocycles. The number of ether oxygens (including phenoxy) is 1. The molecule has 1 aromatic heterocycles. The number of rotatable bonds is 3. The standard InChI is InChI=1S/C15H19N3O2/c1-10-17-13-8-11(5-6-14(13)18(10)2)15(19)16-9-12-4-3-7-20-12/h5-6,8,12H,3-4,7,9H2,1-2H3,(H,16,19)/t12-/m1/s1. The van der Waals surface area contributed by atoms with Crippen molar-refractivity contribution in [3.05, 3.63) is 29.6 Å². The molecule has 0 aliphatic carbocycles. The van der Waals surface area contributed by atoms with Crippen molar-refractivity contribution >= 4 is 16.9 Å². The van der Waals surface area contributed by atoms with Crippen molar-refractivity contribution < 1.29 is 9.53 Å². The van der Waals surface area contributed by atoms with E-state index in [0.29, 0.717) is 12.1 Å². The Morgan fingerprint density at radius 1 is 1.55 bits per heavy atom. The number of nitrogens with zero attached hydrogens (tertiary/aromatic N) is 2. The third-order valence-electron chi connectivity index (χ3n) is 3.88. The molecular formula is C15H19N3O2. The molecule has 106 valence electrons. The summed E-state index contributed by atoms with van der Waals surface area (Å²) in [4.78, 5) is 16.6. The Hall–Kier alpha value is -1.88. The lowest BCUT2D eigenvalue weighted by Gasteiger charge is -2.10. The fourth-order valence-electron chi connectivity index (χ4n) is 2.58. The molecule has 3 rings (SSSR count). The quantitative estimate of drug-likeness (QED) is 0.927. The summed E-state index contributed by atoms with van der Waals surface area (Å²) in [5, 5.41) is 2.93. The van der Waals surface area contributed by atoms with Crippen LogP contribution in [0.5, 0.6) is 0 Å². The summed E-state index contributed by atoms with van der Waals surface area (Å²) in [5.41, 5.74) is 2.54. The van der Waals surface area contributed by atoms with Gasteiger partial charge in [0, 0.05) is 25.8 Å². The Balaban J connectivity index is 1.74. The summed E-state index contributed by atoms with van der Waals surface area (Å²) < 4.78 is 7.52. The Labute approximate surface area is 117 Å². The molecule has 5 heteroatoms. The molecule has 1 aromatic carbocycles. The van der Waals surface area contributed by atoms with Crippen LogP contribution in [0.3, 0.4) is 0 Å². The summed E-state index contributed by atoms with van der Waals surface area (Å²) in [5.74, 6) is 0.877. The van der Waals surface area contributed by atoms with Crippen LogP contribution in [0.4, 0.5) is 0 Å². The van der Waals surface area contributed by atoms with Crippen molar-refractivity contribution in [1.82, 2.24) is 14.9 Å². The molecule has 1 aliphatic rings. The maximum absolute atomic E-state index is 12.1. The minimum absolute atomic E-state index is 0.0642. The van der Waals surface area contributed by atoms with Crippen LogP contribution in [0.1, 0.15) is 29.0 Å². The SMILES string of the molecule is Cc1nc2cc(C(=O)NC[C@H]3CCCO3)ccc2n1C. The molecule has 1 aliphatic heterocycles. The normalized spacial score (nSPS) is 18.6. The molecule has 0 bridgehead atoms. The first-order valence-corrected chi connectivity index (χ1v) is 6.98. The Morgan fingerprint density at radius 3 is 3.15 bits per heavy atom. The topological polar surface area (TPSA) is 56.1 Å². The number of amides is 1. The van der Waals surface area contributed by atoms with Gasteiger partial charge < -0.3 is 14.6 Å². The van der Waals surface area contributed by atoms with Gasteiger partial charge in [-0.2, -0.15) is 0 Å². The third kappa shape index (κ3) is 2.41. The highest BCUT2D eigenvalue weighted by Crippen LogP contribution is 2.16. The smallest absolute Gasteiger partial charge is 0.251 e. The molecule has 1 atom stereocenters. The molecule has 0 radical (unpaired) electrons. The summed E-state index contributed by atoms with van der Waals surface area (Å²) in [6, 6.07) is 5.62. The fourth-order valence-corrected chi connectivity index (χ4v) is 2.58. The zero-order chi connectivity index (χ0) is 14.1. The Bertz CT molecular complexity index is 642. The molecule has 1 N–H and O–H groups in total. The lowest BCUT2D eigenvalue weighted by atomic mass is 10.1. The van der Waals surface area contributed by atoms with Gasteiger partial charge in [-0.1, -0.05) is 0 Å². The predicted molar refractivity (Wildman–Crippen MR) is 76.8 cm³/mol. The number of hydrogen-bond donors (Lipinski definition) is 1. The van der Waals surface area contributed by atoms with Gasteiger partial charge in [0.25, 0.3) is 5.91 Å². The molecule has 0 unspecified atom stereocenters. The molecule has 5 nitrogen and oxygen atoms in total. The summed E-state index contributed by atoms with van der Waals surface area (Å²) in [7, 11) is 1.97. The minimum Gasteiger partial charge on any atom is -0.376 e. The molecular weight excluding hydrogens is 254 g/mol. The van der Waals surface area contributed by atoms with Crippen LogP contribution in [-0.2, 0) is 11.8 Å². The van der Waals surface area contributed by atoms with Crippen LogP contribution in [0.15, 0.2) is 18.2 Å². The lowest BCUT2D eigenvalue weighted by Crippen LogP contribution is -2.31. The van der Waals surface area contributed by atoms with E-state index < -0.39 is 0 Å². The number of nitrogens with one attached hydrogen (secondary N) is 1. The average Bonchev–Trinajstić information content (AvgIpc) is 3.05. The number of fused-ring (bicyclic) bond motifs is 1. The van der Waals surface area contributed by atoms with Crippen LogP contribution in [-0.4, -0.2) is 34.7 Å². The van der Waals surface area contributed by atoms with Crippen LogP contribution >= 0.6 is 0 Å². The van der Waals surface area contributed by atoms with E-state index in [1.54, 1.807) is 0 Å². The van der Waals surface area contributed by atoms with Gasteiger partial charge in [0.15, 0.2) is 0 Å². The highest BCUT2D eigenvalue weighted by molar-refractivity contribution is 5.97. The first kappa shape index (κ1) is 13.1. The lowest BCUT2D eigenvalue weighted by molar-refractivity contribution is 0.0858. The van der Waals surface area contributed by atoms with Gasteiger partial charge in [0.2, 0.25) is 0 Å². The molecule has 2 aromatic rings. The van der Waals surface area contributed by atoms with Gasteiger partial charge in [0.1, 0.15) is 5.82 Å². The first-order chi connectivity index (χ1) is 9.65. The predicted octanol–water partition coefficient (Wildman–Crippen LogP) is 1.79. The number of carbonyl (C=O) groups excluding carboxylic acids is 1. The summed E-state index contributed by atoms with van der Waals surface area (Å²) in [6.45, 7) is 3.34. The van der Waals surface area contributed by atoms with Crippen molar-refractivity contribution in [3.63, 3.8) is 0 Å². The van der Waals surface area contributed by atoms with Gasteiger partial charge in [0.05, 0.1) is 17.1 Å². The largest absolute Gasteiger partial charge is 0.376 e. The number of aromatic nitrogens is 2. The van der Waals surface area contributed by atoms with Crippen molar-refractivity contribution in [2.24, 2.45) is 7.05 Å². The second kappa shape index (κ2) is 5.25. The third-order valence-corrected chi connectivity index (χ3v) is 3.88. The molecule has 2 heterocycles. The zero-order valence-corrected chi connectivity index (χ0v) is 11.8. The Morgan fingerprint density at radius 2 is 2.40 bits per heavy atom. The number of imidazole rings is 1. The van der Waals surface area contributed by atoms with E-state index in [1.807, 2.05) is 36.7 Å². The first-order valence-electron chi connectivity index (χ1n) is 6.98. The maximum Gasteiger partial charge on any atom is 0.251 e. The van der Waals surface area contributed by atoms with E-state index in [-0.39, 0.29) is 12.0 Å². The number of hydrogen-bond acceptors (Lipinski definition) is 3. The molecule has 0 saturated carbocycles. The second-order valence-electron chi connectivity index (χ2n) is 5.27. The van der Waals surface area contributed by atoms with Crippen molar-refractivity contribution in [3.8, 4) is 0 Å². The van der Waals surface area contributed by atoms with Gasteiger partial charge in [-0.3, -0.25) is 4.79 Å². The van der Waals surface area contributed by atoms with Crippen LogP contribution < -0.4 is 5.32 Å². The van der Waals surface area contributed by atoms with E-state index in [2.05, 4.69) is 10.3 Å². The van der Waals surface area contributed by atoms with Gasteiger partial charge in [-0.05, 0) is 38.0 Å². The Kier molecular flexibility index (Phi) is 3.44. The number of benzene rings is 1. The maximum atomic E-state index is 12.1. The van der Waals surface area contributed by atoms with E-state index in [4.69, 9.17) is 4.74 Å². The zero-order valence-electron chi connectivity index (χ0n) is 11.8. The van der Waals surface area contributed by atoms with E-state index in [0.717, 1.165) is 36.3 Å². The van der Waals surface area contributed by atoms with Crippen molar-refractivity contribution in [2.45, 2.75) is 25.9 Å². The average molecular weight is 273 g/mol. The van der Waals surface area contributed by atoms with Crippen LogP contribution in [0.2, 0.25) is 0 Å². The molecule has 1 fully saturated rings. The van der Waals surface area contributed by atoms with Gasteiger partial charge in [-0.15, -0.1) is 0 Å². The van der Waals surface area contributed by atoms with Crippen molar-refractivity contribution in [2.75, 3.05) is 13.2 Å². The van der Waals surface area contributed by atoms with Crippen LogP contribution in [0.25, 0.3) is 11.0 Å². The highest BCUT2D eigenvalue weighted by atomic mass is 16.5. The summed E-state index contributed by atoms with van der Waals surface area (Å²) in [6.07, 6.45) is 2.28. The highest BCUT2D eigenvalue weighted by Gasteiger charge is 2.17. The van der Waals surface area contributed by atoms with E-state index in [1.165, 1.54) is 0 Å². The molecule has 1 amide bonds.